The van der Waals surface area contributed by atoms with E-state index in [2.05, 4.69) is 0 Å². The molecule has 0 saturated heterocycles. The molecule has 5 aromatic rings. The second-order valence-electron chi connectivity index (χ2n) is 8.61. The van der Waals surface area contributed by atoms with Crippen molar-refractivity contribution in [2.75, 3.05) is 7.11 Å². The van der Waals surface area contributed by atoms with Crippen molar-refractivity contribution in [3.8, 4) is 22.7 Å². The highest BCUT2D eigenvalue weighted by Crippen LogP contribution is 2.29. The predicted molar refractivity (Wildman–Crippen MR) is 141 cm³/mol. The van der Waals surface area contributed by atoms with Crippen molar-refractivity contribution in [1.29, 1.82) is 0 Å². The maximum atomic E-state index is 13.4. The highest BCUT2D eigenvalue weighted by atomic mass is 32.2. The van der Waals surface area contributed by atoms with Crippen LogP contribution in [0.5, 0.6) is 5.75 Å². The highest BCUT2D eigenvalue weighted by Gasteiger charge is 2.19. The molecule has 180 valence electrons. The van der Waals surface area contributed by atoms with E-state index in [-0.39, 0.29) is 15.4 Å². The first-order valence-corrected chi connectivity index (χ1v) is 12.9. The van der Waals surface area contributed by atoms with Crippen molar-refractivity contribution >= 4 is 20.6 Å². The van der Waals surface area contributed by atoms with Gasteiger partial charge in [-0.1, -0.05) is 35.9 Å². The van der Waals surface area contributed by atoms with Gasteiger partial charge in [0.2, 0.25) is 9.84 Å². The molecule has 1 aromatic heterocycles. The van der Waals surface area contributed by atoms with Gasteiger partial charge in [0, 0.05) is 10.9 Å². The van der Waals surface area contributed by atoms with Gasteiger partial charge in [-0.15, -0.1) is 0 Å². The van der Waals surface area contributed by atoms with E-state index in [1.807, 2.05) is 50.2 Å². The lowest BCUT2D eigenvalue weighted by Crippen LogP contribution is -2.22. The zero-order valence-corrected chi connectivity index (χ0v) is 20.9. The summed E-state index contributed by atoms with van der Waals surface area (Å²) < 4.78 is 32.8. The van der Waals surface area contributed by atoms with E-state index in [1.54, 1.807) is 49.6 Å². The molecule has 0 saturated carbocycles. The Morgan fingerprint density at radius 2 is 1.39 bits per heavy atom. The van der Waals surface area contributed by atoms with E-state index in [0.29, 0.717) is 16.8 Å². The minimum Gasteiger partial charge on any atom is -0.496 e. The van der Waals surface area contributed by atoms with Crippen LogP contribution >= 0.6 is 0 Å². The first kappa shape index (κ1) is 23.5. The number of hydrogen-bond acceptors (Lipinski definition) is 5. The summed E-state index contributed by atoms with van der Waals surface area (Å²) in [5.74, 6) is 0.766. The molecular formula is C29H24N2O4S. The fourth-order valence-electron chi connectivity index (χ4n) is 4.22. The minimum absolute atomic E-state index is 0.148. The number of nitrogens with zero attached hydrogens (tertiary/aromatic N) is 2. The molecular weight excluding hydrogens is 472 g/mol. The van der Waals surface area contributed by atoms with Crippen LogP contribution in [0.2, 0.25) is 0 Å². The summed E-state index contributed by atoms with van der Waals surface area (Å²) in [6.07, 6.45) is 0. The van der Waals surface area contributed by atoms with Gasteiger partial charge in [0.1, 0.15) is 5.75 Å². The predicted octanol–water partition coefficient (Wildman–Crippen LogP) is 5.51. The lowest BCUT2D eigenvalue weighted by molar-refractivity contribution is 0.412. The molecule has 1 heterocycles. The second kappa shape index (κ2) is 9.09. The van der Waals surface area contributed by atoms with Gasteiger partial charge < -0.3 is 4.74 Å². The van der Waals surface area contributed by atoms with Crippen LogP contribution in [0.15, 0.2) is 106 Å². The Kier molecular flexibility index (Phi) is 5.94. The lowest BCUT2D eigenvalue weighted by atomic mass is 10.0. The summed E-state index contributed by atoms with van der Waals surface area (Å²) in [5, 5.41) is 5.97. The van der Waals surface area contributed by atoms with E-state index < -0.39 is 9.84 Å². The Hall–Kier alpha value is -4.23. The van der Waals surface area contributed by atoms with Gasteiger partial charge in [0.25, 0.3) is 5.56 Å². The van der Waals surface area contributed by atoms with Gasteiger partial charge in [-0.3, -0.25) is 4.79 Å². The fraction of sp³-hybridized carbons (Fsp3) is 0.103. The van der Waals surface area contributed by atoms with Crippen molar-refractivity contribution in [3.63, 3.8) is 0 Å². The quantitative estimate of drug-likeness (QED) is 0.321. The van der Waals surface area contributed by atoms with Crippen LogP contribution in [0, 0.1) is 13.8 Å². The molecule has 0 fully saturated rings. The molecule has 36 heavy (non-hydrogen) atoms. The summed E-state index contributed by atoms with van der Waals surface area (Å²) >= 11 is 0. The van der Waals surface area contributed by atoms with Crippen LogP contribution in [0.25, 0.3) is 27.7 Å². The van der Waals surface area contributed by atoms with Crippen molar-refractivity contribution in [3.05, 3.63) is 112 Å². The average Bonchev–Trinajstić information content (AvgIpc) is 2.89. The first-order valence-electron chi connectivity index (χ1n) is 11.4. The SMILES string of the molecule is COc1ccc(-c2nn(-c3ccc(S(=O)(=O)c4ccc(C)cc4)cc3)c(=O)c3ccccc23)cc1C. The Morgan fingerprint density at radius 1 is 0.778 bits per heavy atom. The van der Waals surface area contributed by atoms with Crippen LogP contribution in [-0.2, 0) is 9.84 Å². The van der Waals surface area contributed by atoms with Crippen LogP contribution in [0.1, 0.15) is 11.1 Å². The minimum atomic E-state index is -3.68. The summed E-state index contributed by atoms with van der Waals surface area (Å²) in [4.78, 5) is 13.7. The number of hydrogen-bond donors (Lipinski definition) is 0. The molecule has 0 aliphatic heterocycles. The normalized spacial score (nSPS) is 11.5. The molecule has 0 atom stereocenters. The number of fused-ring (bicyclic) bond motifs is 1. The first-order chi connectivity index (χ1) is 17.3. The summed E-state index contributed by atoms with van der Waals surface area (Å²) in [7, 11) is -2.06. The number of sulfone groups is 1. The van der Waals surface area contributed by atoms with Crippen LogP contribution < -0.4 is 10.3 Å². The van der Waals surface area contributed by atoms with E-state index >= 15 is 0 Å². The fourth-order valence-corrected chi connectivity index (χ4v) is 5.48. The van der Waals surface area contributed by atoms with Crippen LogP contribution in [-0.4, -0.2) is 25.3 Å². The number of aromatic nitrogens is 2. The Bertz CT molecular complexity index is 1760. The highest BCUT2D eigenvalue weighted by molar-refractivity contribution is 7.91. The Balaban J connectivity index is 1.64. The van der Waals surface area contributed by atoms with Crippen molar-refractivity contribution in [2.24, 2.45) is 0 Å². The maximum absolute atomic E-state index is 13.4. The number of aryl methyl sites for hydroxylation is 2. The van der Waals surface area contributed by atoms with Crippen LogP contribution in [0.3, 0.4) is 0 Å². The summed E-state index contributed by atoms with van der Waals surface area (Å²) in [5.41, 5.74) is 3.61. The largest absolute Gasteiger partial charge is 0.496 e. The van der Waals surface area contributed by atoms with Gasteiger partial charge in [0.05, 0.1) is 33.7 Å². The molecule has 0 radical (unpaired) electrons. The van der Waals surface area contributed by atoms with E-state index in [1.165, 1.54) is 16.8 Å². The van der Waals surface area contributed by atoms with E-state index in [4.69, 9.17) is 9.84 Å². The summed E-state index contributed by atoms with van der Waals surface area (Å²) in [6.45, 7) is 3.86. The molecule has 0 unspecified atom stereocenters. The molecule has 7 heteroatoms. The molecule has 0 aliphatic carbocycles. The monoisotopic (exact) mass is 496 g/mol. The van der Waals surface area contributed by atoms with Gasteiger partial charge in [0.15, 0.2) is 0 Å². The molecule has 0 N–H and O–H groups in total. The number of rotatable bonds is 5. The van der Waals surface area contributed by atoms with Crippen molar-refractivity contribution < 1.29 is 13.2 Å². The van der Waals surface area contributed by atoms with Crippen LogP contribution in [0.4, 0.5) is 0 Å². The van der Waals surface area contributed by atoms with Gasteiger partial charge in [-0.05, 0) is 80.1 Å². The van der Waals surface area contributed by atoms with E-state index in [9.17, 15) is 13.2 Å². The zero-order chi connectivity index (χ0) is 25.4. The smallest absolute Gasteiger partial charge is 0.279 e. The van der Waals surface area contributed by atoms with Gasteiger partial charge in [-0.2, -0.15) is 9.78 Å². The third-order valence-electron chi connectivity index (χ3n) is 6.20. The standard InChI is InChI=1S/C29H24N2O4S/c1-19-8-13-23(14-9-19)36(33,34)24-15-11-22(12-16-24)31-29(32)26-7-5-4-6-25(26)28(30-31)21-10-17-27(35-3)20(2)18-21/h4-18H,1-3H3. The summed E-state index contributed by atoms with van der Waals surface area (Å²) in [6, 6.07) is 26.0. The molecule has 0 spiro atoms. The second-order valence-corrected chi connectivity index (χ2v) is 10.6. The third-order valence-corrected chi connectivity index (χ3v) is 7.98. The Morgan fingerprint density at radius 3 is 2.00 bits per heavy atom. The molecule has 0 bridgehead atoms. The maximum Gasteiger partial charge on any atom is 0.279 e. The third kappa shape index (κ3) is 4.07. The van der Waals surface area contributed by atoms with Gasteiger partial charge in [-0.25, -0.2) is 8.42 Å². The van der Waals surface area contributed by atoms with E-state index in [0.717, 1.165) is 27.8 Å². The molecule has 0 aliphatic rings. The molecule has 5 rings (SSSR count). The van der Waals surface area contributed by atoms with Crippen molar-refractivity contribution in [1.82, 2.24) is 9.78 Å². The average molecular weight is 497 g/mol. The lowest BCUT2D eigenvalue weighted by Gasteiger charge is -2.13. The van der Waals surface area contributed by atoms with Gasteiger partial charge >= 0.3 is 0 Å². The number of ether oxygens (including phenoxy) is 1. The Labute approximate surface area is 209 Å². The topological polar surface area (TPSA) is 78.3 Å². The van der Waals surface area contributed by atoms with Crippen molar-refractivity contribution in [2.45, 2.75) is 23.6 Å². The molecule has 4 aromatic carbocycles. The molecule has 6 nitrogen and oxygen atoms in total. The number of benzene rings is 4. The number of methoxy groups -OCH3 is 1. The molecule has 0 amide bonds. The zero-order valence-electron chi connectivity index (χ0n) is 20.1.